The molecule has 1 aromatic carbocycles. The van der Waals surface area contributed by atoms with Crippen LogP contribution in [0.15, 0.2) is 35.3 Å². The summed E-state index contributed by atoms with van der Waals surface area (Å²) in [5, 5.41) is 3.49. The molecule has 3 rings (SSSR count). The fraction of sp³-hybridized carbons (Fsp3) is 0.667. The highest BCUT2D eigenvalue weighted by molar-refractivity contribution is 5.80. The van der Waals surface area contributed by atoms with Gasteiger partial charge in [-0.3, -0.25) is 4.99 Å². The molecule has 4 nitrogen and oxygen atoms in total. The molecule has 0 spiro atoms. The minimum absolute atomic E-state index is 0.177. The molecule has 1 N–H and O–H groups in total. The number of hydrogen-bond donors (Lipinski definition) is 1. The summed E-state index contributed by atoms with van der Waals surface area (Å²) < 4.78 is 6.12. The van der Waals surface area contributed by atoms with Crippen LogP contribution >= 0.6 is 0 Å². The molecule has 0 bridgehead atoms. The van der Waals surface area contributed by atoms with Gasteiger partial charge in [0.25, 0.3) is 0 Å². The van der Waals surface area contributed by atoms with Crippen LogP contribution in [0.25, 0.3) is 0 Å². The van der Waals surface area contributed by atoms with Crippen molar-refractivity contribution < 1.29 is 4.74 Å². The Bertz CT molecular complexity index is 570. The third-order valence-electron chi connectivity index (χ3n) is 5.36. The number of nitrogens with zero attached hydrogens (tertiary/aromatic N) is 2. The fourth-order valence-corrected chi connectivity index (χ4v) is 3.96. The predicted octanol–water partition coefficient (Wildman–Crippen LogP) is 3.85. The number of hydrogen-bond acceptors (Lipinski definition) is 2. The highest BCUT2D eigenvalue weighted by Gasteiger charge is 2.32. The highest BCUT2D eigenvalue weighted by Crippen LogP contribution is 2.34. The first kappa shape index (κ1) is 18.2. The van der Waals surface area contributed by atoms with Crippen LogP contribution in [-0.4, -0.2) is 43.6 Å². The molecule has 2 unspecified atom stereocenters. The first-order valence-corrected chi connectivity index (χ1v) is 9.79. The van der Waals surface area contributed by atoms with Gasteiger partial charge in [-0.05, 0) is 37.2 Å². The van der Waals surface area contributed by atoms with Crippen LogP contribution in [0.1, 0.15) is 51.7 Å². The van der Waals surface area contributed by atoms with E-state index in [1.807, 2.05) is 0 Å². The van der Waals surface area contributed by atoms with E-state index in [1.54, 1.807) is 0 Å². The predicted molar refractivity (Wildman–Crippen MR) is 104 cm³/mol. The number of aliphatic imine (C=N–C) groups is 1. The molecule has 2 aliphatic heterocycles. The zero-order chi connectivity index (χ0) is 17.7. The number of likely N-dealkylation sites (tertiary alicyclic amines) is 1. The van der Waals surface area contributed by atoms with Crippen LogP contribution in [0, 0.1) is 11.3 Å². The van der Waals surface area contributed by atoms with Crippen molar-refractivity contribution in [2.75, 3.05) is 32.8 Å². The number of guanidine groups is 1. The second-order valence-corrected chi connectivity index (χ2v) is 8.13. The molecule has 2 aliphatic rings. The Labute approximate surface area is 152 Å². The standard InChI is InChI=1S/C21H33N3O/c1-4-22-20(24-13-12-21(2,3)16-24)23-15-18-11-8-14-25-19(18)17-9-6-5-7-10-17/h5-7,9-10,18-19H,4,8,11-16H2,1-3H3,(H,22,23). The third kappa shape index (κ3) is 4.75. The van der Waals surface area contributed by atoms with E-state index >= 15 is 0 Å². The average Bonchev–Trinajstić information content (AvgIpc) is 2.99. The maximum absolute atomic E-state index is 6.12. The zero-order valence-corrected chi connectivity index (χ0v) is 16.0. The smallest absolute Gasteiger partial charge is 0.193 e. The highest BCUT2D eigenvalue weighted by atomic mass is 16.5. The molecule has 138 valence electrons. The zero-order valence-electron chi connectivity index (χ0n) is 16.0. The van der Waals surface area contributed by atoms with Crippen LogP contribution in [0.3, 0.4) is 0 Å². The third-order valence-corrected chi connectivity index (χ3v) is 5.36. The molecule has 2 saturated heterocycles. The molecular formula is C21H33N3O. The van der Waals surface area contributed by atoms with E-state index in [0.717, 1.165) is 45.2 Å². The summed E-state index contributed by atoms with van der Waals surface area (Å²) in [4.78, 5) is 7.43. The minimum atomic E-state index is 0.177. The fourth-order valence-electron chi connectivity index (χ4n) is 3.96. The molecule has 1 aromatic rings. The van der Waals surface area contributed by atoms with Crippen molar-refractivity contribution in [2.45, 2.75) is 46.1 Å². The summed E-state index contributed by atoms with van der Waals surface area (Å²) in [6, 6.07) is 10.6. The van der Waals surface area contributed by atoms with Crippen molar-refractivity contribution in [3.8, 4) is 0 Å². The second kappa shape index (κ2) is 8.22. The molecule has 4 heteroatoms. The summed E-state index contributed by atoms with van der Waals surface area (Å²) >= 11 is 0. The lowest BCUT2D eigenvalue weighted by Crippen LogP contribution is -2.41. The Morgan fingerprint density at radius 2 is 2.12 bits per heavy atom. The van der Waals surface area contributed by atoms with Gasteiger partial charge in [0, 0.05) is 38.7 Å². The van der Waals surface area contributed by atoms with Crippen LogP contribution < -0.4 is 5.32 Å². The number of ether oxygens (including phenoxy) is 1. The van der Waals surface area contributed by atoms with Crippen LogP contribution in [0.4, 0.5) is 0 Å². The molecule has 0 aromatic heterocycles. The van der Waals surface area contributed by atoms with E-state index in [1.165, 1.54) is 18.4 Å². The van der Waals surface area contributed by atoms with Gasteiger partial charge in [-0.15, -0.1) is 0 Å². The van der Waals surface area contributed by atoms with Gasteiger partial charge in [0.15, 0.2) is 5.96 Å². The van der Waals surface area contributed by atoms with Crippen molar-refractivity contribution >= 4 is 5.96 Å². The van der Waals surface area contributed by atoms with E-state index in [2.05, 4.69) is 61.3 Å². The van der Waals surface area contributed by atoms with Gasteiger partial charge in [0.05, 0.1) is 6.10 Å². The largest absolute Gasteiger partial charge is 0.373 e. The van der Waals surface area contributed by atoms with Gasteiger partial charge >= 0.3 is 0 Å². The first-order valence-electron chi connectivity index (χ1n) is 9.79. The van der Waals surface area contributed by atoms with Gasteiger partial charge in [-0.25, -0.2) is 0 Å². The van der Waals surface area contributed by atoms with E-state index in [0.29, 0.717) is 11.3 Å². The van der Waals surface area contributed by atoms with Gasteiger partial charge < -0.3 is 15.0 Å². The maximum atomic E-state index is 6.12. The van der Waals surface area contributed by atoms with Crippen molar-refractivity contribution in [3.63, 3.8) is 0 Å². The lowest BCUT2D eigenvalue weighted by molar-refractivity contribution is -0.0250. The molecule has 25 heavy (non-hydrogen) atoms. The van der Waals surface area contributed by atoms with E-state index < -0.39 is 0 Å². The molecule has 2 atom stereocenters. The van der Waals surface area contributed by atoms with Crippen molar-refractivity contribution in [1.29, 1.82) is 0 Å². The van der Waals surface area contributed by atoms with Gasteiger partial charge in [0.2, 0.25) is 0 Å². The summed E-state index contributed by atoms with van der Waals surface area (Å²) in [6.07, 6.45) is 3.73. The molecule has 0 saturated carbocycles. The Balaban J connectivity index is 1.70. The van der Waals surface area contributed by atoms with Crippen molar-refractivity contribution in [3.05, 3.63) is 35.9 Å². The first-order chi connectivity index (χ1) is 12.1. The SMILES string of the molecule is CCNC(=NCC1CCCOC1c1ccccc1)N1CCC(C)(C)C1. The van der Waals surface area contributed by atoms with Crippen molar-refractivity contribution in [1.82, 2.24) is 10.2 Å². The monoisotopic (exact) mass is 343 g/mol. The Kier molecular flexibility index (Phi) is 6.00. The lowest BCUT2D eigenvalue weighted by atomic mass is 9.89. The number of nitrogens with one attached hydrogen (secondary N) is 1. The van der Waals surface area contributed by atoms with E-state index in [-0.39, 0.29) is 6.10 Å². The number of benzene rings is 1. The van der Waals surface area contributed by atoms with Gasteiger partial charge in [-0.1, -0.05) is 44.2 Å². The van der Waals surface area contributed by atoms with Gasteiger partial charge in [-0.2, -0.15) is 0 Å². The van der Waals surface area contributed by atoms with Gasteiger partial charge in [0.1, 0.15) is 0 Å². The molecule has 2 fully saturated rings. The lowest BCUT2D eigenvalue weighted by Gasteiger charge is -2.32. The summed E-state index contributed by atoms with van der Waals surface area (Å²) in [5.74, 6) is 1.53. The second-order valence-electron chi connectivity index (χ2n) is 8.13. The average molecular weight is 344 g/mol. The number of rotatable bonds is 4. The molecule has 0 radical (unpaired) electrons. The molecule has 2 heterocycles. The van der Waals surface area contributed by atoms with Crippen LogP contribution in [0.5, 0.6) is 0 Å². The Hall–Kier alpha value is -1.55. The Morgan fingerprint density at radius 1 is 1.32 bits per heavy atom. The molecule has 0 aliphatic carbocycles. The quantitative estimate of drug-likeness (QED) is 0.666. The summed E-state index contributed by atoms with van der Waals surface area (Å²) in [5.41, 5.74) is 1.67. The Morgan fingerprint density at radius 3 is 2.80 bits per heavy atom. The molecule has 0 amide bonds. The maximum Gasteiger partial charge on any atom is 0.193 e. The van der Waals surface area contributed by atoms with Crippen LogP contribution in [0.2, 0.25) is 0 Å². The summed E-state index contributed by atoms with van der Waals surface area (Å²) in [6.45, 7) is 11.6. The van der Waals surface area contributed by atoms with E-state index in [4.69, 9.17) is 9.73 Å². The normalized spacial score (nSPS) is 26.7. The topological polar surface area (TPSA) is 36.9 Å². The van der Waals surface area contributed by atoms with Crippen molar-refractivity contribution in [2.24, 2.45) is 16.3 Å². The van der Waals surface area contributed by atoms with Crippen LogP contribution in [-0.2, 0) is 4.74 Å². The minimum Gasteiger partial charge on any atom is -0.373 e. The molecular weight excluding hydrogens is 310 g/mol. The van der Waals surface area contributed by atoms with E-state index in [9.17, 15) is 0 Å². The summed E-state index contributed by atoms with van der Waals surface area (Å²) in [7, 11) is 0.